The summed E-state index contributed by atoms with van der Waals surface area (Å²) in [5, 5.41) is 5.73. The van der Waals surface area contributed by atoms with E-state index in [4.69, 9.17) is 9.47 Å². The van der Waals surface area contributed by atoms with Gasteiger partial charge in [0, 0.05) is 11.3 Å². The summed E-state index contributed by atoms with van der Waals surface area (Å²) in [7, 11) is 0. The number of fused-ring (bicyclic) bond motifs is 1. The summed E-state index contributed by atoms with van der Waals surface area (Å²) in [5.74, 6) is -0.271. The molecule has 0 fully saturated rings. The monoisotopic (exact) mass is 447 g/mol. The lowest BCUT2D eigenvalue weighted by Crippen LogP contribution is -2.49. The lowest BCUT2D eigenvalue weighted by atomic mass is 9.95. The molecule has 3 aliphatic rings. The molecule has 0 spiro atoms. The molecule has 0 bridgehead atoms. The van der Waals surface area contributed by atoms with E-state index in [9.17, 15) is 14.4 Å². The zero-order chi connectivity index (χ0) is 22.9. The SMILES string of the molecule is CCOc1ccccc1C1NC(=O)N(CC(=O)Nc2ccc3c(c2)CCC3)C2=C1C(=O)OC2. The van der Waals surface area contributed by atoms with Crippen LogP contribution in [-0.4, -0.2) is 42.6 Å². The highest BCUT2D eigenvalue weighted by atomic mass is 16.5. The molecule has 1 aliphatic carbocycles. The smallest absolute Gasteiger partial charge is 0.338 e. The minimum atomic E-state index is -0.707. The molecule has 2 aromatic rings. The summed E-state index contributed by atoms with van der Waals surface area (Å²) in [4.78, 5) is 39.7. The normalized spacial score (nSPS) is 19.1. The van der Waals surface area contributed by atoms with Crippen LogP contribution in [0.15, 0.2) is 53.7 Å². The average Bonchev–Trinajstić information content (AvgIpc) is 3.42. The van der Waals surface area contributed by atoms with Crippen LogP contribution in [0.3, 0.4) is 0 Å². The lowest BCUT2D eigenvalue weighted by Gasteiger charge is -2.33. The Bertz CT molecular complexity index is 1170. The Morgan fingerprint density at radius 1 is 1.18 bits per heavy atom. The Balaban J connectivity index is 1.39. The van der Waals surface area contributed by atoms with Crippen molar-refractivity contribution in [3.8, 4) is 5.75 Å². The van der Waals surface area contributed by atoms with E-state index < -0.39 is 18.0 Å². The molecule has 170 valence electrons. The number of nitrogens with one attached hydrogen (secondary N) is 2. The number of anilines is 1. The van der Waals surface area contributed by atoms with Gasteiger partial charge in [-0.15, -0.1) is 0 Å². The predicted molar refractivity (Wildman–Crippen MR) is 121 cm³/mol. The number of hydrogen-bond acceptors (Lipinski definition) is 5. The Hall–Kier alpha value is -3.81. The second kappa shape index (κ2) is 8.61. The van der Waals surface area contributed by atoms with Gasteiger partial charge in [0.2, 0.25) is 5.91 Å². The molecule has 2 N–H and O–H groups in total. The summed E-state index contributed by atoms with van der Waals surface area (Å²) in [5.41, 5.74) is 4.67. The van der Waals surface area contributed by atoms with Gasteiger partial charge in [-0.05, 0) is 55.5 Å². The van der Waals surface area contributed by atoms with Crippen LogP contribution < -0.4 is 15.4 Å². The first-order valence-corrected chi connectivity index (χ1v) is 11.2. The van der Waals surface area contributed by atoms with Crippen molar-refractivity contribution in [1.29, 1.82) is 0 Å². The molecule has 8 nitrogen and oxygen atoms in total. The van der Waals surface area contributed by atoms with Crippen LogP contribution in [0.2, 0.25) is 0 Å². The van der Waals surface area contributed by atoms with Crippen LogP contribution in [0.25, 0.3) is 0 Å². The number of benzene rings is 2. The van der Waals surface area contributed by atoms with Crippen molar-refractivity contribution in [3.63, 3.8) is 0 Å². The number of esters is 1. The Morgan fingerprint density at radius 3 is 2.85 bits per heavy atom. The third-order valence-electron chi connectivity index (χ3n) is 6.21. The van der Waals surface area contributed by atoms with Crippen molar-refractivity contribution < 1.29 is 23.9 Å². The molecule has 8 heteroatoms. The largest absolute Gasteiger partial charge is 0.494 e. The van der Waals surface area contributed by atoms with Gasteiger partial charge in [0.05, 0.1) is 23.9 Å². The number of cyclic esters (lactones) is 1. The summed E-state index contributed by atoms with van der Waals surface area (Å²) in [6.07, 6.45) is 3.20. The first-order valence-electron chi connectivity index (χ1n) is 11.2. The highest BCUT2D eigenvalue weighted by Crippen LogP contribution is 2.38. The van der Waals surface area contributed by atoms with Gasteiger partial charge in [0.1, 0.15) is 18.9 Å². The Morgan fingerprint density at radius 2 is 2.00 bits per heavy atom. The third-order valence-corrected chi connectivity index (χ3v) is 6.21. The maximum absolute atomic E-state index is 13.0. The first-order chi connectivity index (χ1) is 16.0. The number of nitrogens with zero attached hydrogens (tertiary/aromatic N) is 1. The number of carbonyl (C=O) groups excluding carboxylic acids is 3. The molecule has 1 atom stereocenters. The summed E-state index contributed by atoms with van der Waals surface area (Å²) < 4.78 is 11.0. The molecular formula is C25H25N3O5. The number of urea groups is 1. The molecule has 5 rings (SSSR count). The molecule has 2 heterocycles. The number of aryl methyl sites for hydroxylation is 2. The highest BCUT2D eigenvalue weighted by molar-refractivity contribution is 6.00. The van der Waals surface area contributed by atoms with Crippen LogP contribution in [0, 0.1) is 0 Å². The van der Waals surface area contributed by atoms with E-state index >= 15 is 0 Å². The molecule has 0 aromatic heterocycles. The molecule has 3 amide bonds. The second-order valence-corrected chi connectivity index (χ2v) is 8.26. The van der Waals surface area contributed by atoms with Gasteiger partial charge < -0.3 is 20.1 Å². The van der Waals surface area contributed by atoms with Gasteiger partial charge in [-0.1, -0.05) is 24.3 Å². The van der Waals surface area contributed by atoms with Gasteiger partial charge >= 0.3 is 12.0 Å². The van der Waals surface area contributed by atoms with Crippen LogP contribution in [0.4, 0.5) is 10.5 Å². The van der Waals surface area contributed by atoms with E-state index in [1.807, 2.05) is 43.3 Å². The van der Waals surface area contributed by atoms with Crippen molar-refractivity contribution in [2.75, 3.05) is 25.1 Å². The molecule has 1 unspecified atom stereocenters. The van der Waals surface area contributed by atoms with Gasteiger partial charge in [0.15, 0.2) is 0 Å². The minimum absolute atomic E-state index is 0.0545. The van der Waals surface area contributed by atoms with Crippen molar-refractivity contribution >= 4 is 23.6 Å². The lowest BCUT2D eigenvalue weighted by molar-refractivity contribution is -0.136. The molecule has 33 heavy (non-hydrogen) atoms. The second-order valence-electron chi connectivity index (χ2n) is 8.26. The predicted octanol–water partition coefficient (Wildman–Crippen LogP) is 3.09. The highest BCUT2D eigenvalue weighted by Gasteiger charge is 2.43. The molecule has 0 saturated heterocycles. The summed E-state index contributed by atoms with van der Waals surface area (Å²) in [6, 6.07) is 12.0. The number of amides is 3. The maximum Gasteiger partial charge on any atom is 0.338 e. The maximum atomic E-state index is 13.0. The number of carbonyl (C=O) groups is 3. The number of para-hydroxylation sites is 1. The quantitative estimate of drug-likeness (QED) is 0.664. The molecule has 2 aromatic carbocycles. The zero-order valence-electron chi connectivity index (χ0n) is 18.3. The van der Waals surface area contributed by atoms with E-state index in [-0.39, 0.29) is 19.1 Å². The Labute approximate surface area is 191 Å². The number of rotatable bonds is 6. The molecular weight excluding hydrogens is 422 g/mol. The zero-order valence-corrected chi connectivity index (χ0v) is 18.3. The summed E-state index contributed by atoms with van der Waals surface area (Å²) in [6.45, 7) is 2.04. The fraction of sp³-hybridized carbons (Fsp3) is 0.320. The van der Waals surface area contributed by atoms with Gasteiger partial charge in [-0.2, -0.15) is 0 Å². The fourth-order valence-electron chi connectivity index (χ4n) is 4.71. The van der Waals surface area contributed by atoms with Crippen molar-refractivity contribution in [1.82, 2.24) is 10.2 Å². The molecule has 0 saturated carbocycles. The fourth-order valence-corrected chi connectivity index (χ4v) is 4.71. The minimum Gasteiger partial charge on any atom is -0.494 e. The van der Waals surface area contributed by atoms with Crippen LogP contribution in [-0.2, 0) is 27.2 Å². The van der Waals surface area contributed by atoms with Crippen molar-refractivity contribution in [2.45, 2.75) is 32.2 Å². The Kier molecular flexibility index (Phi) is 5.50. The van der Waals surface area contributed by atoms with Gasteiger partial charge in [-0.3, -0.25) is 9.69 Å². The van der Waals surface area contributed by atoms with Crippen molar-refractivity contribution in [3.05, 3.63) is 70.4 Å². The van der Waals surface area contributed by atoms with Gasteiger partial charge in [0.25, 0.3) is 0 Å². The first kappa shape index (κ1) is 21.1. The number of ether oxygens (including phenoxy) is 2. The van der Waals surface area contributed by atoms with Crippen LogP contribution >= 0.6 is 0 Å². The number of hydrogen-bond donors (Lipinski definition) is 2. The third kappa shape index (κ3) is 3.92. The average molecular weight is 447 g/mol. The topological polar surface area (TPSA) is 97.0 Å². The van der Waals surface area contributed by atoms with E-state index in [0.717, 1.165) is 19.3 Å². The van der Waals surface area contributed by atoms with Crippen molar-refractivity contribution in [2.24, 2.45) is 0 Å². The molecule has 0 radical (unpaired) electrons. The van der Waals surface area contributed by atoms with E-state index in [1.165, 1.54) is 16.0 Å². The van der Waals surface area contributed by atoms with Crippen LogP contribution in [0.5, 0.6) is 5.75 Å². The van der Waals surface area contributed by atoms with Crippen LogP contribution in [0.1, 0.15) is 36.1 Å². The van der Waals surface area contributed by atoms with E-state index in [2.05, 4.69) is 10.6 Å². The van der Waals surface area contributed by atoms with E-state index in [1.54, 1.807) is 6.07 Å². The van der Waals surface area contributed by atoms with Gasteiger partial charge in [-0.25, -0.2) is 9.59 Å². The van der Waals surface area contributed by atoms with E-state index in [0.29, 0.717) is 34.9 Å². The summed E-state index contributed by atoms with van der Waals surface area (Å²) >= 11 is 0. The standard InChI is InChI=1S/C25H25N3O5/c1-2-32-20-9-4-3-8-18(20)23-22-19(14-33-24(22)30)28(25(31)27-23)13-21(29)26-17-11-10-15-6-5-7-16(15)12-17/h3-4,8-12,23H,2,5-7,13-14H2,1H3,(H,26,29)(H,27,31). The molecule has 2 aliphatic heterocycles.